The minimum atomic E-state index is -1.57. The molecule has 7 unspecified atom stereocenters. The number of allylic oxidation sites excluding steroid dienone is 5. The average Bonchev–Trinajstić information content (AvgIpc) is 3.14. The number of aliphatic hydroxyl groups is 5. The van der Waals surface area contributed by atoms with Crippen LogP contribution in [-0.4, -0.2) is 87.5 Å². The highest BCUT2D eigenvalue weighted by atomic mass is 16.7. The molecule has 0 aromatic heterocycles. The first-order chi connectivity index (χ1) is 25.3. The van der Waals surface area contributed by atoms with Crippen molar-refractivity contribution in [1.82, 2.24) is 5.32 Å². The van der Waals surface area contributed by atoms with Crippen molar-refractivity contribution < 1.29 is 39.8 Å². The van der Waals surface area contributed by atoms with Crippen LogP contribution in [0.3, 0.4) is 0 Å². The molecular weight excluding hydrogens is 658 g/mol. The molecule has 1 rings (SSSR count). The Bertz CT molecular complexity index is 910. The highest BCUT2D eigenvalue weighted by molar-refractivity contribution is 5.76. The summed E-state index contributed by atoms with van der Waals surface area (Å²) in [6.07, 6.45) is 33.3. The number of nitrogens with one attached hydrogen (secondary N) is 1. The van der Waals surface area contributed by atoms with Gasteiger partial charge in [0.2, 0.25) is 5.91 Å². The second-order valence-electron chi connectivity index (χ2n) is 14.8. The quantitative estimate of drug-likeness (QED) is 0.0287. The lowest BCUT2D eigenvalue weighted by Gasteiger charge is -2.40. The van der Waals surface area contributed by atoms with E-state index in [1.165, 1.54) is 96.3 Å². The van der Waals surface area contributed by atoms with E-state index in [9.17, 15) is 30.3 Å². The molecule has 1 heterocycles. The highest BCUT2D eigenvalue weighted by Crippen LogP contribution is 2.22. The second kappa shape index (κ2) is 33.9. The average molecular weight is 738 g/mol. The Morgan fingerprint density at radius 2 is 1.10 bits per heavy atom. The van der Waals surface area contributed by atoms with Crippen molar-refractivity contribution in [2.24, 2.45) is 0 Å². The van der Waals surface area contributed by atoms with Crippen molar-refractivity contribution in [3.63, 3.8) is 0 Å². The number of carbonyl (C=O) groups is 1. The third kappa shape index (κ3) is 24.7. The van der Waals surface area contributed by atoms with E-state index in [2.05, 4.69) is 43.5 Å². The lowest BCUT2D eigenvalue weighted by atomic mass is 9.99. The minimum absolute atomic E-state index is 0.198. The number of rotatable bonds is 34. The van der Waals surface area contributed by atoms with Gasteiger partial charge in [-0.1, -0.05) is 147 Å². The highest BCUT2D eigenvalue weighted by Gasteiger charge is 2.44. The van der Waals surface area contributed by atoms with Gasteiger partial charge in [0.05, 0.1) is 25.4 Å². The van der Waals surface area contributed by atoms with Gasteiger partial charge in [0.15, 0.2) is 6.29 Å². The molecule has 0 aromatic carbocycles. The zero-order valence-corrected chi connectivity index (χ0v) is 33.1. The van der Waals surface area contributed by atoms with Crippen molar-refractivity contribution >= 4 is 5.91 Å². The smallest absolute Gasteiger partial charge is 0.220 e. The van der Waals surface area contributed by atoms with Crippen molar-refractivity contribution in [3.8, 4) is 0 Å². The minimum Gasteiger partial charge on any atom is -0.394 e. The fourth-order valence-corrected chi connectivity index (χ4v) is 6.46. The Morgan fingerprint density at radius 3 is 1.62 bits per heavy atom. The molecule has 9 nitrogen and oxygen atoms in total. The third-order valence-corrected chi connectivity index (χ3v) is 9.94. The number of aliphatic hydroxyl groups excluding tert-OH is 5. The van der Waals surface area contributed by atoms with Gasteiger partial charge in [-0.25, -0.2) is 0 Å². The molecular formula is C43H79NO8. The molecule has 7 atom stereocenters. The molecule has 0 bridgehead atoms. The van der Waals surface area contributed by atoms with Crippen LogP contribution in [0.5, 0.6) is 0 Å². The Morgan fingerprint density at radius 1 is 0.635 bits per heavy atom. The van der Waals surface area contributed by atoms with Gasteiger partial charge in [-0.05, 0) is 57.8 Å². The van der Waals surface area contributed by atoms with Crippen molar-refractivity contribution in [3.05, 3.63) is 36.5 Å². The summed E-state index contributed by atoms with van der Waals surface area (Å²) < 4.78 is 11.2. The van der Waals surface area contributed by atoms with E-state index in [1.54, 1.807) is 6.08 Å². The number of carbonyl (C=O) groups excluding carboxylic acids is 1. The van der Waals surface area contributed by atoms with Crippen LogP contribution in [0.15, 0.2) is 36.5 Å². The van der Waals surface area contributed by atoms with Crippen LogP contribution in [0.4, 0.5) is 0 Å². The summed E-state index contributed by atoms with van der Waals surface area (Å²) in [5.74, 6) is -0.198. The maximum Gasteiger partial charge on any atom is 0.220 e. The zero-order chi connectivity index (χ0) is 38.1. The molecule has 1 amide bonds. The van der Waals surface area contributed by atoms with E-state index in [0.717, 1.165) is 57.8 Å². The van der Waals surface area contributed by atoms with E-state index < -0.39 is 49.5 Å². The molecule has 0 saturated carbocycles. The van der Waals surface area contributed by atoms with Gasteiger partial charge >= 0.3 is 0 Å². The van der Waals surface area contributed by atoms with Crippen LogP contribution in [0.2, 0.25) is 0 Å². The lowest BCUT2D eigenvalue weighted by Crippen LogP contribution is -2.60. The summed E-state index contributed by atoms with van der Waals surface area (Å²) in [5.41, 5.74) is 0. The molecule has 0 aromatic rings. The van der Waals surface area contributed by atoms with Gasteiger partial charge in [0, 0.05) is 6.42 Å². The summed E-state index contributed by atoms with van der Waals surface area (Å²) in [4.78, 5) is 12.9. The first-order valence-electron chi connectivity index (χ1n) is 21.2. The fraction of sp³-hybridized carbons (Fsp3) is 0.837. The van der Waals surface area contributed by atoms with Crippen LogP contribution in [-0.2, 0) is 14.3 Å². The van der Waals surface area contributed by atoms with Crippen molar-refractivity contribution in [1.29, 1.82) is 0 Å². The molecule has 6 N–H and O–H groups in total. The summed E-state index contributed by atoms with van der Waals surface area (Å²) >= 11 is 0. The maximum atomic E-state index is 12.9. The first kappa shape index (κ1) is 48.4. The molecule has 1 aliphatic rings. The van der Waals surface area contributed by atoms with Crippen LogP contribution < -0.4 is 5.32 Å². The summed E-state index contributed by atoms with van der Waals surface area (Å²) in [7, 11) is 0. The second-order valence-corrected chi connectivity index (χ2v) is 14.8. The van der Waals surface area contributed by atoms with Crippen LogP contribution >= 0.6 is 0 Å². The number of ether oxygens (including phenoxy) is 2. The molecule has 1 aliphatic heterocycles. The largest absolute Gasteiger partial charge is 0.394 e. The molecule has 304 valence electrons. The Kier molecular flexibility index (Phi) is 31.6. The molecule has 52 heavy (non-hydrogen) atoms. The molecule has 0 spiro atoms. The SMILES string of the molecule is CCCCCCC/C=C/CC/C=C/C(O)C(COC1OC(CO)C(O)C(O)C1O)NC(=O)CCCCCCC/C=C\CCCCCCCCCCC. The lowest BCUT2D eigenvalue weighted by molar-refractivity contribution is -0.302. The topological polar surface area (TPSA) is 149 Å². The van der Waals surface area contributed by atoms with E-state index in [-0.39, 0.29) is 12.5 Å². The van der Waals surface area contributed by atoms with Crippen LogP contribution in [0.25, 0.3) is 0 Å². The molecule has 9 heteroatoms. The fourth-order valence-electron chi connectivity index (χ4n) is 6.46. The summed E-state index contributed by atoms with van der Waals surface area (Å²) in [6, 6.07) is -0.822. The van der Waals surface area contributed by atoms with Crippen molar-refractivity contribution in [2.75, 3.05) is 13.2 Å². The van der Waals surface area contributed by atoms with E-state index in [0.29, 0.717) is 6.42 Å². The van der Waals surface area contributed by atoms with Crippen molar-refractivity contribution in [2.45, 2.75) is 217 Å². The molecule has 1 saturated heterocycles. The molecule has 0 radical (unpaired) electrons. The standard InChI is InChI=1S/C43H79NO8/c1-3-5-7-9-11-13-15-16-17-18-19-20-21-23-25-27-29-31-33-39(47)44-36(35-51-43-42(50)41(49)40(48)38(34-45)52-43)37(46)32-30-28-26-24-22-14-12-10-8-6-4-2/h19-20,22,24,30,32,36-38,40-43,45-46,48-50H,3-18,21,23,25-29,31,33-35H2,1-2H3,(H,44,47)/b20-19-,24-22+,32-30+. The van der Waals surface area contributed by atoms with Gasteiger partial charge in [-0.3, -0.25) is 4.79 Å². The predicted octanol–water partition coefficient (Wildman–Crippen LogP) is 8.11. The van der Waals surface area contributed by atoms with E-state index in [4.69, 9.17) is 9.47 Å². The van der Waals surface area contributed by atoms with Gasteiger partial charge in [-0.2, -0.15) is 0 Å². The Balaban J connectivity index is 2.39. The van der Waals surface area contributed by atoms with E-state index in [1.807, 2.05) is 6.08 Å². The van der Waals surface area contributed by atoms with Gasteiger partial charge in [0.25, 0.3) is 0 Å². The molecule has 1 fully saturated rings. The Hall–Kier alpha value is -1.59. The van der Waals surface area contributed by atoms with Gasteiger partial charge < -0.3 is 40.3 Å². The summed E-state index contributed by atoms with van der Waals surface area (Å²) in [6.45, 7) is 3.71. The Labute approximate surface area is 317 Å². The number of hydrogen-bond donors (Lipinski definition) is 6. The zero-order valence-electron chi connectivity index (χ0n) is 33.1. The maximum absolute atomic E-state index is 12.9. The predicted molar refractivity (Wildman–Crippen MR) is 212 cm³/mol. The first-order valence-corrected chi connectivity index (χ1v) is 21.2. The van der Waals surface area contributed by atoms with Gasteiger partial charge in [-0.15, -0.1) is 0 Å². The van der Waals surface area contributed by atoms with Gasteiger partial charge in [0.1, 0.15) is 24.4 Å². The van der Waals surface area contributed by atoms with E-state index >= 15 is 0 Å². The number of hydrogen-bond acceptors (Lipinski definition) is 8. The third-order valence-electron chi connectivity index (χ3n) is 9.94. The summed E-state index contributed by atoms with van der Waals surface area (Å²) in [5, 5.41) is 53.9. The number of amides is 1. The normalized spacial score (nSPS) is 22.2. The van der Waals surface area contributed by atoms with Crippen LogP contribution in [0, 0.1) is 0 Å². The van der Waals surface area contributed by atoms with Crippen LogP contribution in [0.1, 0.15) is 174 Å². The number of unbranched alkanes of at least 4 members (excludes halogenated alkanes) is 20. The monoisotopic (exact) mass is 738 g/mol. The molecule has 0 aliphatic carbocycles.